The Hall–Kier alpha value is -2.80. The lowest BCUT2D eigenvalue weighted by Crippen LogP contribution is -2.32. The normalized spacial score (nSPS) is 14.9. The van der Waals surface area contributed by atoms with Crippen LogP contribution in [0.2, 0.25) is 0 Å². The third-order valence-electron chi connectivity index (χ3n) is 5.81. The summed E-state index contributed by atoms with van der Waals surface area (Å²) in [6.07, 6.45) is 2.42. The molecule has 0 heterocycles. The molecule has 0 amide bonds. The number of halogens is 3. The average Bonchev–Trinajstić information content (AvgIpc) is 2.79. The second kappa shape index (κ2) is 8.98. The fourth-order valence-electron chi connectivity index (χ4n) is 4.04. The molecule has 0 saturated heterocycles. The fraction of sp³-hybridized carbons (Fsp3) is 0.280. The van der Waals surface area contributed by atoms with E-state index < -0.39 is 21.8 Å². The molecule has 3 nitrogen and oxygen atoms in total. The molecule has 168 valence electrons. The van der Waals surface area contributed by atoms with Gasteiger partial charge >= 0.3 is 6.18 Å². The van der Waals surface area contributed by atoms with Gasteiger partial charge in [-0.3, -0.25) is 4.31 Å². The topological polar surface area (TPSA) is 37.4 Å². The molecule has 1 aliphatic rings. The second-order valence-electron chi connectivity index (χ2n) is 7.99. The van der Waals surface area contributed by atoms with Crippen LogP contribution in [0.1, 0.15) is 37.7 Å². The van der Waals surface area contributed by atoms with E-state index in [9.17, 15) is 21.6 Å². The zero-order valence-electron chi connectivity index (χ0n) is 17.5. The molecule has 0 saturated carbocycles. The van der Waals surface area contributed by atoms with Crippen LogP contribution in [0.4, 0.5) is 18.9 Å². The lowest BCUT2D eigenvalue weighted by Gasteiger charge is -2.26. The Morgan fingerprint density at radius 1 is 0.875 bits per heavy atom. The standard InChI is InChI=1S/C25H24F3NO2S/c26-25(27,28)22-11-14-24(15-12-22)32(30,31)29(17-16-19-6-2-1-3-7-19)23-13-10-20-8-4-5-9-21(20)18-23/h4-6,8-15,18H,1-3,7,16-17H2. The van der Waals surface area contributed by atoms with Gasteiger partial charge in [0, 0.05) is 6.54 Å². The average molecular weight is 460 g/mol. The minimum atomic E-state index is -4.52. The van der Waals surface area contributed by atoms with Crippen molar-refractivity contribution in [1.82, 2.24) is 0 Å². The third kappa shape index (κ3) is 4.83. The van der Waals surface area contributed by atoms with Crippen molar-refractivity contribution in [2.24, 2.45) is 0 Å². The molecule has 1 aliphatic carbocycles. The molecule has 4 rings (SSSR count). The summed E-state index contributed by atoms with van der Waals surface area (Å²) >= 11 is 0. The number of hydrogen-bond donors (Lipinski definition) is 0. The van der Waals surface area contributed by atoms with E-state index in [-0.39, 0.29) is 11.4 Å². The summed E-state index contributed by atoms with van der Waals surface area (Å²) in [5, 5.41) is 1.88. The summed E-state index contributed by atoms with van der Waals surface area (Å²) in [7, 11) is -4.05. The largest absolute Gasteiger partial charge is 0.416 e. The zero-order chi connectivity index (χ0) is 22.8. The number of rotatable bonds is 6. The Balaban J connectivity index is 1.71. The number of benzene rings is 3. The third-order valence-corrected chi connectivity index (χ3v) is 7.65. The molecule has 7 heteroatoms. The molecule has 0 fully saturated rings. The van der Waals surface area contributed by atoms with Crippen LogP contribution in [0.3, 0.4) is 0 Å². The van der Waals surface area contributed by atoms with Crippen molar-refractivity contribution in [2.75, 3.05) is 10.8 Å². The smallest absolute Gasteiger partial charge is 0.266 e. The Kier molecular flexibility index (Phi) is 6.29. The van der Waals surface area contributed by atoms with E-state index in [0.717, 1.165) is 60.7 Å². The van der Waals surface area contributed by atoms with Gasteiger partial charge in [-0.05, 0) is 79.3 Å². The van der Waals surface area contributed by atoms with Crippen molar-refractivity contribution < 1.29 is 21.6 Å². The first-order chi connectivity index (χ1) is 15.2. The van der Waals surface area contributed by atoms with Gasteiger partial charge in [-0.25, -0.2) is 8.42 Å². The van der Waals surface area contributed by atoms with Gasteiger partial charge in [0.2, 0.25) is 0 Å². The van der Waals surface area contributed by atoms with Crippen LogP contribution in [0.25, 0.3) is 10.8 Å². The Morgan fingerprint density at radius 3 is 2.25 bits per heavy atom. The van der Waals surface area contributed by atoms with Crippen LogP contribution in [-0.2, 0) is 16.2 Å². The number of nitrogens with zero attached hydrogens (tertiary/aromatic N) is 1. The number of hydrogen-bond acceptors (Lipinski definition) is 2. The summed E-state index contributed by atoms with van der Waals surface area (Å²) in [5.41, 5.74) is 0.853. The van der Waals surface area contributed by atoms with Crippen LogP contribution in [-0.4, -0.2) is 15.0 Å². The molecule has 3 aromatic carbocycles. The number of anilines is 1. The molecule has 0 aromatic heterocycles. The van der Waals surface area contributed by atoms with E-state index in [0.29, 0.717) is 12.1 Å². The lowest BCUT2D eigenvalue weighted by atomic mass is 9.97. The molecule has 0 atom stereocenters. The maximum atomic E-state index is 13.5. The van der Waals surface area contributed by atoms with Gasteiger partial charge in [-0.15, -0.1) is 0 Å². The van der Waals surface area contributed by atoms with Gasteiger partial charge in [0.15, 0.2) is 0 Å². The van der Waals surface area contributed by atoms with Gasteiger partial charge in [0.1, 0.15) is 0 Å². The van der Waals surface area contributed by atoms with Gasteiger partial charge < -0.3 is 0 Å². The van der Waals surface area contributed by atoms with Crippen LogP contribution in [0, 0.1) is 0 Å². The molecule has 3 aromatic rings. The van der Waals surface area contributed by atoms with E-state index in [1.807, 2.05) is 36.4 Å². The summed E-state index contributed by atoms with van der Waals surface area (Å²) in [6, 6.07) is 16.8. The van der Waals surface area contributed by atoms with E-state index >= 15 is 0 Å². The van der Waals surface area contributed by atoms with Crippen LogP contribution in [0.15, 0.2) is 83.3 Å². The van der Waals surface area contributed by atoms with E-state index in [1.54, 1.807) is 6.07 Å². The highest BCUT2D eigenvalue weighted by molar-refractivity contribution is 7.92. The van der Waals surface area contributed by atoms with Gasteiger partial charge in [0.25, 0.3) is 10.0 Å². The molecule has 32 heavy (non-hydrogen) atoms. The Bertz CT molecular complexity index is 1230. The molecule has 0 aliphatic heterocycles. The zero-order valence-corrected chi connectivity index (χ0v) is 18.3. The monoisotopic (exact) mass is 459 g/mol. The first-order valence-electron chi connectivity index (χ1n) is 10.6. The molecule has 0 radical (unpaired) electrons. The van der Waals surface area contributed by atoms with Gasteiger partial charge in [0.05, 0.1) is 16.1 Å². The summed E-state index contributed by atoms with van der Waals surface area (Å²) in [6.45, 7) is 0.230. The maximum absolute atomic E-state index is 13.5. The SMILES string of the molecule is O=S(=O)(c1ccc(C(F)(F)F)cc1)N(CCC1=CCCCC1)c1ccc2ccccc2c1. The van der Waals surface area contributed by atoms with Gasteiger partial charge in [-0.1, -0.05) is 42.0 Å². The second-order valence-corrected chi connectivity index (χ2v) is 9.85. The quantitative estimate of drug-likeness (QED) is 0.374. The minimum Gasteiger partial charge on any atom is -0.266 e. The number of sulfonamides is 1. The van der Waals surface area contributed by atoms with Crippen molar-refractivity contribution in [3.05, 3.63) is 83.9 Å². The molecule has 0 unspecified atom stereocenters. The highest BCUT2D eigenvalue weighted by Crippen LogP contribution is 2.32. The predicted molar refractivity (Wildman–Crippen MR) is 121 cm³/mol. The highest BCUT2D eigenvalue weighted by Gasteiger charge is 2.32. The van der Waals surface area contributed by atoms with Crippen molar-refractivity contribution in [1.29, 1.82) is 0 Å². The maximum Gasteiger partial charge on any atom is 0.416 e. The summed E-state index contributed by atoms with van der Waals surface area (Å²) in [4.78, 5) is -0.156. The molecule has 0 bridgehead atoms. The number of fused-ring (bicyclic) bond motifs is 1. The van der Waals surface area contributed by atoms with Crippen LogP contribution < -0.4 is 4.31 Å². The number of allylic oxidation sites excluding steroid dienone is 1. The van der Waals surface area contributed by atoms with Crippen molar-refractivity contribution >= 4 is 26.5 Å². The van der Waals surface area contributed by atoms with E-state index in [2.05, 4.69) is 6.08 Å². The minimum absolute atomic E-state index is 0.156. The van der Waals surface area contributed by atoms with Crippen molar-refractivity contribution in [3.8, 4) is 0 Å². The fourth-order valence-corrected chi connectivity index (χ4v) is 5.50. The Labute approximate surface area is 186 Å². The van der Waals surface area contributed by atoms with Crippen molar-refractivity contribution in [3.63, 3.8) is 0 Å². The van der Waals surface area contributed by atoms with Crippen LogP contribution in [0.5, 0.6) is 0 Å². The van der Waals surface area contributed by atoms with Crippen molar-refractivity contribution in [2.45, 2.75) is 43.2 Å². The first-order valence-corrected chi connectivity index (χ1v) is 12.1. The molecule has 0 N–H and O–H groups in total. The highest BCUT2D eigenvalue weighted by atomic mass is 32.2. The predicted octanol–water partition coefficient (Wildman–Crippen LogP) is 6.94. The molecular formula is C25H24F3NO2S. The van der Waals surface area contributed by atoms with Crippen LogP contribution >= 0.6 is 0 Å². The summed E-state index contributed by atoms with van der Waals surface area (Å²) < 4.78 is 67.2. The number of alkyl halides is 3. The van der Waals surface area contributed by atoms with Gasteiger partial charge in [-0.2, -0.15) is 13.2 Å². The van der Waals surface area contributed by atoms with E-state index in [4.69, 9.17) is 0 Å². The molecule has 0 spiro atoms. The molecular weight excluding hydrogens is 435 g/mol. The lowest BCUT2D eigenvalue weighted by molar-refractivity contribution is -0.137. The van der Waals surface area contributed by atoms with E-state index in [1.165, 1.54) is 9.88 Å². The Morgan fingerprint density at radius 2 is 1.59 bits per heavy atom. The first kappa shape index (κ1) is 22.4. The summed E-state index contributed by atoms with van der Waals surface area (Å²) in [5.74, 6) is 0.